The first-order valence-electron chi connectivity index (χ1n) is 32.9. The van der Waals surface area contributed by atoms with Gasteiger partial charge >= 0.3 is 75.3 Å². The zero-order chi connectivity index (χ0) is 75.6. The molecule has 0 saturated carbocycles. The molecular formula is C63H120N18O26S2. The minimum Gasteiger partial charge on any atom is -0.395 e. The van der Waals surface area contributed by atoms with Gasteiger partial charge in [0, 0.05) is 59.6 Å². The average molecular weight is 1610 g/mol. The Bertz CT molecular complexity index is 3850. The van der Waals surface area contributed by atoms with E-state index in [4.69, 9.17) is 52.8 Å². The van der Waals surface area contributed by atoms with Crippen molar-refractivity contribution >= 4 is 47.6 Å². The Balaban J connectivity index is 0.00000161. The normalized spacial score (nSPS) is 17.7. The first-order valence-corrected chi connectivity index (χ1v) is 35.0. The van der Waals surface area contributed by atoms with E-state index in [1.807, 2.05) is 25.8 Å². The SMILES string of the molecule is C.C.C.C.C.C.CCN1C(=O)N(COCCn2c(=O)n(CCO)c(=O)n(CCOC)c2=O)C2C1N(COC1CSC(O)CS1)C(=O)N2COC.CCN1CN(C)CN(COCCn2c(=O)n(CCO)c(=O)n(CCOC)c2=O)C1=O.CCN1COCN(COCCn2c(=O)n(CCO)c(=O)n(CCOC)c2=O)C1=O. The highest BCUT2D eigenvalue weighted by molar-refractivity contribution is 8.06. The molecule has 5 saturated heterocycles. The smallest absolute Gasteiger partial charge is 0.336 e. The zero-order valence-corrected chi connectivity index (χ0v) is 60.7. The van der Waals surface area contributed by atoms with E-state index in [-0.39, 0.29) is 220 Å². The number of aliphatic hydroxyl groups is 4. The fourth-order valence-corrected chi connectivity index (χ4v) is 13.4. The maximum atomic E-state index is 13.5. The van der Waals surface area contributed by atoms with Crippen LogP contribution in [0.2, 0.25) is 0 Å². The second kappa shape index (κ2) is 50.4. The summed E-state index contributed by atoms with van der Waals surface area (Å²) in [7, 11) is 7.58. The maximum absolute atomic E-state index is 13.5. The van der Waals surface area contributed by atoms with Gasteiger partial charge in [-0.15, -0.1) is 23.5 Å². The van der Waals surface area contributed by atoms with Gasteiger partial charge in [-0.25, -0.2) is 103 Å². The van der Waals surface area contributed by atoms with Gasteiger partial charge in [0.25, 0.3) is 0 Å². The van der Waals surface area contributed by atoms with Crippen molar-refractivity contribution in [3.8, 4) is 0 Å². The second-order valence-corrected chi connectivity index (χ2v) is 25.4. The van der Waals surface area contributed by atoms with E-state index in [9.17, 15) is 72.5 Å². The van der Waals surface area contributed by atoms with Crippen LogP contribution >= 0.6 is 23.5 Å². The highest BCUT2D eigenvalue weighted by atomic mass is 32.2. The van der Waals surface area contributed by atoms with Crippen LogP contribution in [0.1, 0.15) is 65.3 Å². The van der Waals surface area contributed by atoms with Gasteiger partial charge < -0.3 is 77.8 Å². The second-order valence-electron chi connectivity index (χ2n) is 23.0. The lowest BCUT2D eigenvalue weighted by Crippen LogP contribution is -2.57. The van der Waals surface area contributed by atoms with Gasteiger partial charge in [-0.05, 0) is 27.8 Å². The summed E-state index contributed by atoms with van der Waals surface area (Å²) in [5.74, 6) is 1.06. The molecule has 4 unspecified atom stereocenters. The fraction of sp³-hybridized carbons (Fsp3) is 0.794. The summed E-state index contributed by atoms with van der Waals surface area (Å²) in [5, 5.41) is 37.3. The summed E-state index contributed by atoms with van der Waals surface area (Å²) in [6.07, 6.45) is -1.46. The van der Waals surface area contributed by atoms with Crippen molar-refractivity contribution in [2.75, 3.05) is 187 Å². The molecule has 4 atom stereocenters. The summed E-state index contributed by atoms with van der Waals surface area (Å²) in [6.45, 7) is 4.89. The Labute approximate surface area is 641 Å². The van der Waals surface area contributed by atoms with E-state index in [1.165, 1.54) is 86.3 Å². The number of amides is 8. The number of nitrogens with zero attached hydrogens (tertiary/aromatic N) is 18. The lowest BCUT2D eigenvalue weighted by molar-refractivity contribution is -0.0868. The molecule has 5 aliphatic rings. The molecule has 5 fully saturated rings. The van der Waals surface area contributed by atoms with E-state index in [0.717, 1.165) is 41.1 Å². The largest absolute Gasteiger partial charge is 0.395 e. The average Bonchev–Trinajstić information content (AvgIpc) is 1.57. The van der Waals surface area contributed by atoms with Gasteiger partial charge in [-0.3, -0.25) is 29.4 Å². The molecule has 8 amide bonds. The van der Waals surface area contributed by atoms with E-state index < -0.39 is 88.8 Å². The number of aliphatic hydroxyl groups excluding tert-OH is 4. The van der Waals surface area contributed by atoms with Crippen LogP contribution in [-0.4, -0.2) is 339 Å². The number of aromatic nitrogens is 9. The minimum absolute atomic E-state index is 0. The molecule has 0 aliphatic carbocycles. The molecule has 0 aromatic carbocycles. The number of urea groups is 4. The van der Waals surface area contributed by atoms with Crippen molar-refractivity contribution in [2.45, 2.75) is 147 Å². The number of carbonyl (C=O) groups excluding carboxylic acids is 4. The number of methoxy groups -OCH3 is 4. The Kier molecular flexibility index (Phi) is 46.9. The quantitative estimate of drug-likeness (QED) is 0.0401. The van der Waals surface area contributed by atoms with Crippen LogP contribution in [0.4, 0.5) is 19.2 Å². The molecule has 5 aliphatic heterocycles. The Morgan fingerprint density at radius 3 is 1.06 bits per heavy atom. The van der Waals surface area contributed by atoms with Gasteiger partial charge in [0.2, 0.25) is 0 Å². The van der Waals surface area contributed by atoms with E-state index >= 15 is 0 Å². The Morgan fingerprint density at radius 1 is 0.367 bits per heavy atom. The van der Waals surface area contributed by atoms with Gasteiger partial charge in [0.15, 0.2) is 12.3 Å². The van der Waals surface area contributed by atoms with E-state index in [0.29, 0.717) is 44.5 Å². The van der Waals surface area contributed by atoms with Crippen LogP contribution in [0.25, 0.3) is 0 Å². The number of likely N-dealkylation sites (N-methyl/N-ethyl adjacent to an activating group) is 1. The van der Waals surface area contributed by atoms with Crippen LogP contribution in [0.5, 0.6) is 0 Å². The Hall–Kier alpha value is -7.55. The predicted octanol–water partition coefficient (Wildman–Crippen LogP) is -3.69. The topological polar surface area (TPSA) is 459 Å². The van der Waals surface area contributed by atoms with Crippen LogP contribution < -0.4 is 51.2 Å². The monoisotopic (exact) mass is 1610 g/mol. The molecule has 4 N–H and O–H groups in total. The van der Waals surface area contributed by atoms with Crippen molar-refractivity contribution in [1.29, 1.82) is 0 Å². The number of ether oxygens (including phenoxy) is 9. The number of thioether (sulfide) groups is 2. The lowest BCUT2D eigenvalue weighted by Gasteiger charge is -2.39. The number of carbonyl (C=O) groups is 4. The number of hydrogen-bond donors (Lipinski definition) is 4. The molecule has 44 nitrogen and oxygen atoms in total. The van der Waals surface area contributed by atoms with Gasteiger partial charge in [0.1, 0.15) is 58.0 Å². The number of hydrogen-bond acceptors (Lipinski definition) is 29. The van der Waals surface area contributed by atoms with Crippen LogP contribution in [-0.2, 0) is 102 Å². The highest BCUT2D eigenvalue weighted by Crippen LogP contribution is 2.36. The van der Waals surface area contributed by atoms with Gasteiger partial charge in [-0.2, -0.15) is 0 Å². The van der Waals surface area contributed by atoms with Crippen molar-refractivity contribution in [3.63, 3.8) is 0 Å². The van der Waals surface area contributed by atoms with Gasteiger partial charge in [-0.1, -0.05) is 44.6 Å². The molecule has 8 rings (SSSR count). The minimum atomic E-state index is -0.895. The predicted molar refractivity (Wildman–Crippen MR) is 404 cm³/mol. The third kappa shape index (κ3) is 25.2. The van der Waals surface area contributed by atoms with E-state index in [2.05, 4.69) is 0 Å². The molecule has 0 radical (unpaired) electrons. The van der Waals surface area contributed by atoms with Crippen molar-refractivity contribution in [3.05, 3.63) is 94.4 Å². The van der Waals surface area contributed by atoms with Crippen LogP contribution in [0.15, 0.2) is 43.2 Å². The highest BCUT2D eigenvalue weighted by Gasteiger charge is 2.59. The fourth-order valence-electron chi connectivity index (χ4n) is 11.1. The molecular weight excluding hydrogens is 1490 g/mol. The summed E-state index contributed by atoms with van der Waals surface area (Å²) in [6, 6.07) is -1.15. The lowest BCUT2D eigenvalue weighted by atomic mass is 10.3. The first kappa shape index (κ1) is 101. The maximum Gasteiger partial charge on any atom is 0.336 e. The third-order valence-corrected chi connectivity index (χ3v) is 19.0. The summed E-state index contributed by atoms with van der Waals surface area (Å²) in [5.41, 5.74) is -8.11. The standard InChI is InChI=1S/C24H39N7O11S2.C17H30N6O7.C16H27N5O8.6CH4/c1-4-25-18-19(29(13-40-3)24(38)31(18)15-42-17-12-43-16(33)11-44-17)30(20(25)34)14-41-10-7-28-22(36)26(5-8-32)21(35)27(23(28)37)6-9-39-2;1-4-19-11-18(2)12-20(14(19)25)13-30-10-7-23-16(27)21(5-8-24)15(26)22(17(23)28)6-9-29-3;1-3-17-10-29-12-18(13(17)23)11-28-9-6-21-15(25)19(4-7-22)14(24)20(16(21)26)5-8-27-2;;;;;;/h16-19,32-33H,4-15H2,1-3H3;24H,4-13H2,1-3H3;22H,3-12H2,1-2H3;6*1H4. The molecule has 630 valence electrons. The van der Waals surface area contributed by atoms with Crippen molar-refractivity contribution in [2.24, 2.45) is 0 Å². The molecule has 109 heavy (non-hydrogen) atoms. The first-order chi connectivity index (χ1) is 49.5. The molecule has 3 aromatic rings. The Morgan fingerprint density at radius 2 is 0.697 bits per heavy atom. The zero-order valence-electron chi connectivity index (χ0n) is 59.1. The van der Waals surface area contributed by atoms with Crippen LogP contribution in [0.3, 0.4) is 0 Å². The number of rotatable bonds is 38. The molecule has 0 spiro atoms. The molecule has 8 heterocycles. The van der Waals surface area contributed by atoms with E-state index in [1.54, 1.807) is 11.8 Å². The van der Waals surface area contributed by atoms with Crippen molar-refractivity contribution < 1.29 is 82.2 Å². The summed E-state index contributed by atoms with van der Waals surface area (Å²) in [4.78, 5) is 179. The third-order valence-electron chi connectivity index (χ3n) is 16.3. The van der Waals surface area contributed by atoms with Gasteiger partial charge in [0.05, 0.1) is 132 Å². The molecule has 0 bridgehead atoms. The summed E-state index contributed by atoms with van der Waals surface area (Å²) < 4.78 is 55.6. The molecule has 46 heteroatoms. The summed E-state index contributed by atoms with van der Waals surface area (Å²) >= 11 is 2.83. The van der Waals surface area contributed by atoms with Crippen molar-refractivity contribution in [1.82, 2.24) is 85.2 Å². The number of fused-ring (bicyclic) bond motifs is 1. The van der Waals surface area contributed by atoms with Crippen LogP contribution in [0, 0.1) is 0 Å². The molecule has 3 aromatic heterocycles.